The minimum atomic E-state index is -0.213. The molecule has 6 heteroatoms. The molecule has 0 atom stereocenters. The second-order valence-corrected chi connectivity index (χ2v) is 5.72. The van der Waals surface area contributed by atoms with Gasteiger partial charge in [-0.25, -0.2) is 0 Å². The third-order valence-electron chi connectivity index (χ3n) is 3.78. The van der Waals surface area contributed by atoms with Crippen LogP contribution in [-0.4, -0.2) is 31.6 Å². The molecule has 0 bridgehead atoms. The lowest BCUT2D eigenvalue weighted by Gasteiger charge is -2.17. The Bertz CT molecular complexity index is 828. The van der Waals surface area contributed by atoms with E-state index in [1.807, 2.05) is 37.3 Å². The summed E-state index contributed by atoms with van der Waals surface area (Å²) >= 11 is 0. The third kappa shape index (κ3) is 4.42. The van der Waals surface area contributed by atoms with Gasteiger partial charge >= 0.3 is 0 Å². The maximum absolute atomic E-state index is 12.4. The summed E-state index contributed by atoms with van der Waals surface area (Å²) in [5, 5.41) is 5.49. The molecule has 1 aliphatic heterocycles. The van der Waals surface area contributed by atoms with Crippen molar-refractivity contribution in [3.8, 4) is 11.5 Å². The van der Waals surface area contributed by atoms with Crippen LogP contribution in [0.5, 0.6) is 11.5 Å². The van der Waals surface area contributed by atoms with Crippen LogP contribution in [0.15, 0.2) is 54.1 Å². The molecule has 2 amide bonds. The highest BCUT2D eigenvalue weighted by Gasteiger charge is 2.17. The molecular weight excluding hydrogens is 332 g/mol. The average Bonchev–Trinajstić information content (AvgIpc) is 2.67. The van der Waals surface area contributed by atoms with E-state index in [0.717, 1.165) is 11.3 Å². The number of nitrogens with one attached hydrogen (secondary N) is 2. The SMILES string of the molecule is CCNC(=O)COc1ccc(NC(=O)C2=Cc3ccccc3OC2)cc1. The lowest BCUT2D eigenvalue weighted by molar-refractivity contribution is -0.123. The van der Waals surface area contributed by atoms with Crippen molar-refractivity contribution in [1.29, 1.82) is 0 Å². The van der Waals surface area contributed by atoms with Gasteiger partial charge in [0.15, 0.2) is 6.61 Å². The van der Waals surface area contributed by atoms with Crippen LogP contribution in [0, 0.1) is 0 Å². The summed E-state index contributed by atoms with van der Waals surface area (Å²) in [6.45, 7) is 2.61. The first-order chi connectivity index (χ1) is 12.7. The largest absolute Gasteiger partial charge is 0.488 e. The second kappa shape index (κ2) is 8.20. The molecule has 0 aliphatic carbocycles. The van der Waals surface area contributed by atoms with E-state index < -0.39 is 0 Å². The molecule has 2 aromatic carbocycles. The van der Waals surface area contributed by atoms with Crippen molar-refractivity contribution < 1.29 is 19.1 Å². The number of anilines is 1. The summed E-state index contributed by atoms with van der Waals surface area (Å²) in [5.74, 6) is 0.950. The first-order valence-corrected chi connectivity index (χ1v) is 8.39. The van der Waals surface area contributed by atoms with Crippen molar-refractivity contribution >= 4 is 23.6 Å². The van der Waals surface area contributed by atoms with Gasteiger partial charge in [-0.1, -0.05) is 18.2 Å². The summed E-state index contributed by atoms with van der Waals surface area (Å²) in [4.78, 5) is 23.8. The summed E-state index contributed by atoms with van der Waals surface area (Å²) in [6, 6.07) is 14.4. The van der Waals surface area contributed by atoms with Gasteiger partial charge in [0.05, 0.1) is 5.57 Å². The molecule has 0 unspecified atom stereocenters. The first kappa shape index (κ1) is 17.5. The monoisotopic (exact) mass is 352 g/mol. The molecule has 0 radical (unpaired) electrons. The van der Waals surface area contributed by atoms with E-state index in [-0.39, 0.29) is 25.0 Å². The van der Waals surface area contributed by atoms with E-state index in [1.54, 1.807) is 24.3 Å². The molecule has 0 aromatic heterocycles. The fourth-order valence-corrected chi connectivity index (χ4v) is 2.49. The van der Waals surface area contributed by atoms with Crippen LogP contribution < -0.4 is 20.1 Å². The molecule has 0 spiro atoms. The highest BCUT2D eigenvalue weighted by molar-refractivity contribution is 6.07. The van der Waals surface area contributed by atoms with E-state index in [1.165, 1.54) is 0 Å². The van der Waals surface area contributed by atoms with Gasteiger partial charge in [0.25, 0.3) is 11.8 Å². The van der Waals surface area contributed by atoms with E-state index in [9.17, 15) is 9.59 Å². The number of fused-ring (bicyclic) bond motifs is 1. The predicted octanol–water partition coefficient (Wildman–Crippen LogP) is 2.62. The van der Waals surface area contributed by atoms with Crippen LogP contribution in [0.25, 0.3) is 6.08 Å². The van der Waals surface area contributed by atoms with E-state index in [2.05, 4.69) is 10.6 Å². The second-order valence-electron chi connectivity index (χ2n) is 5.72. The van der Waals surface area contributed by atoms with Crippen LogP contribution >= 0.6 is 0 Å². The van der Waals surface area contributed by atoms with E-state index in [4.69, 9.17) is 9.47 Å². The summed E-state index contributed by atoms with van der Waals surface area (Å²) in [6.07, 6.45) is 1.83. The normalized spacial score (nSPS) is 12.3. The number of carbonyl (C=O) groups is 2. The van der Waals surface area contributed by atoms with Crippen LogP contribution in [0.2, 0.25) is 0 Å². The smallest absolute Gasteiger partial charge is 0.257 e. The molecule has 2 aromatic rings. The number of benzene rings is 2. The number of para-hydroxylation sites is 1. The van der Waals surface area contributed by atoms with Gasteiger partial charge in [-0.3, -0.25) is 9.59 Å². The number of amides is 2. The van der Waals surface area contributed by atoms with Crippen LogP contribution in [0.3, 0.4) is 0 Å². The molecule has 1 aliphatic rings. The Morgan fingerprint density at radius 3 is 2.65 bits per heavy atom. The number of hydrogen-bond acceptors (Lipinski definition) is 4. The van der Waals surface area contributed by atoms with Crippen molar-refractivity contribution in [2.24, 2.45) is 0 Å². The number of carbonyl (C=O) groups excluding carboxylic acids is 2. The first-order valence-electron chi connectivity index (χ1n) is 8.39. The molecule has 3 rings (SSSR count). The van der Waals surface area contributed by atoms with Crippen molar-refractivity contribution in [1.82, 2.24) is 5.32 Å². The molecule has 134 valence electrons. The Morgan fingerprint density at radius 1 is 1.12 bits per heavy atom. The van der Waals surface area contributed by atoms with Crippen LogP contribution in [0.1, 0.15) is 12.5 Å². The van der Waals surface area contributed by atoms with Gasteiger partial charge in [-0.05, 0) is 43.3 Å². The molecule has 2 N–H and O–H groups in total. The third-order valence-corrected chi connectivity index (χ3v) is 3.78. The molecule has 0 fully saturated rings. The van der Waals surface area contributed by atoms with Crippen LogP contribution in [-0.2, 0) is 9.59 Å². The number of likely N-dealkylation sites (N-methyl/N-ethyl adjacent to an activating group) is 1. The Balaban J connectivity index is 1.58. The van der Waals surface area contributed by atoms with E-state index in [0.29, 0.717) is 23.6 Å². The molecule has 26 heavy (non-hydrogen) atoms. The van der Waals surface area contributed by atoms with Crippen molar-refractivity contribution in [3.05, 3.63) is 59.7 Å². The highest BCUT2D eigenvalue weighted by Crippen LogP contribution is 2.26. The fraction of sp³-hybridized carbons (Fsp3) is 0.200. The predicted molar refractivity (Wildman–Crippen MR) is 99.2 cm³/mol. The molecular formula is C20H20N2O4. The zero-order chi connectivity index (χ0) is 18.4. The molecule has 0 saturated carbocycles. The maximum atomic E-state index is 12.4. The van der Waals surface area contributed by atoms with Gasteiger partial charge in [0, 0.05) is 17.8 Å². The minimum Gasteiger partial charge on any atom is -0.488 e. The Morgan fingerprint density at radius 2 is 1.88 bits per heavy atom. The summed E-state index contributed by atoms with van der Waals surface area (Å²) < 4.78 is 11.0. The summed E-state index contributed by atoms with van der Waals surface area (Å²) in [5.41, 5.74) is 2.08. The fourth-order valence-electron chi connectivity index (χ4n) is 2.49. The molecule has 0 saturated heterocycles. The Labute approximate surface area is 151 Å². The van der Waals surface area contributed by atoms with Gasteiger partial charge in [0.1, 0.15) is 18.1 Å². The minimum absolute atomic E-state index is 0.0385. The van der Waals surface area contributed by atoms with Gasteiger partial charge in [-0.15, -0.1) is 0 Å². The lowest BCUT2D eigenvalue weighted by atomic mass is 10.1. The Hall–Kier alpha value is -3.28. The van der Waals surface area contributed by atoms with Crippen molar-refractivity contribution in [2.75, 3.05) is 25.1 Å². The highest BCUT2D eigenvalue weighted by atomic mass is 16.5. The van der Waals surface area contributed by atoms with Gasteiger partial charge in [0.2, 0.25) is 0 Å². The van der Waals surface area contributed by atoms with Crippen LogP contribution in [0.4, 0.5) is 5.69 Å². The number of ether oxygens (including phenoxy) is 2. The standard InChI is InChI=1S/C20H20N2O4/c1-2-21-19(23)13-25-17-9-7-16(8-10-17)22-20(24)15-11-14-5-3-4-6-18(14)26-12-15/h3-11H,2,12-13H2,1H3,(H,21,23)(H,22,24). The lowest BCUT2D eigenvalue weighted by Crippen LogP contribution is -2.28. The topological polar surface area (TPSA) is 76.7 Å². The Kier molecular flexibility index (Phi) is 5.53. The molecule has 6 nitrogen and oxygen atoms in total. The van der Waals surface area contributed by atoms with Gasteiger partial charge in [-0.2, -0.15) is 0 Å². The van der Waals surface area contributed by atoms with E-state index >= 15 is 0 Å². The maximum Gasteiger partial charge on any atom is 0.257 e. The zero-order valence-electron chi connectivity index (χ0n) is 14.5. The van der Waals surface area contributed by atoms with Crippen molar-refractivity contribution in [2.45, 2.75) is 6.92 Å². The average molecular weight is 352 g/mol. The summed E-state index contributed by atoms with van der Waals surface area (Å²) in [7, 11) is 0. The quantitative estimate of drug-likeness (QED) is 0.838. The van der Waals surface area contributed by atoms with Gasteiger partial charge < -0.3 is 20.1 Å². The zero-order valence-corrected chi connectivity index (χ0v) is 14.5. The number of rotatable bonds is 6. The van der Waals surface area contributed by atoms with Crippen molar-refractivity contribution in [3.63, 3.8) is 0 Å². The molecule has 1 heterocycles. The number of hydrogen-bond donors (Lipinski definition) is 2.